The Labute approximate surface area is 122 Å². The topological polar surface area (TPSA) is 28.4 Å². The molecule has 20 heavy (non-hydrogen) atoms. The van der Waals surface area contributed by atoms with Gasteiger partial charge in [0.2, 0.25) is 0 Å². The minimum Gasteiger partial charge on any atom is -0.465 e. The molecule has 1 spiro atoms. The van der Waals surface area contributed by atoms with E-state index in [1.807, 2.05) is 6.92 Å². The van der Waals surface area contributed by atoms with Gasteiger partial charge in [-0.15, -0.1) is 0 Å². The Balaban J connectivity index is 1.74. The summed E-state index contributed by atoms with van der Waals surface area (Å²) in [6.45, 7) is 7.84. The lowest BCUT2D eigenvalue weighted by atomic mass is 9.81. The Morgan fingerprint density at radius 3 is 2.70 bits per heavy atom. The van der Waals surface area contributed by atoms with Crippen LogP contribution in [-0.2, 0) is 0 Å². The van der Waals surface area contributed by atoms with Gasteiger partial charge >= 0.3 is 0 Å². The summed E-state index contributed by atoms with van der Waals surface area (Å²) in [7, 11) is 0. The van der Waals surface area contributed by atoms with E-state index in [-0.39, 0.29) is 0 Å². The van der Waals surface area contributed by atoms with Gasteiger partial charge in [-0.25, -0.2) is 0 Å². The van der Waals surface area contributed by atoms with Gasteiger partial charge in [-0.3, -0.25) is 4.90 Å². The van der Waals surface area contributed by atoms with Gasteiger partial charge in [-0.1, -0.05) is 19.3 Å². The molecule has 0 bridgehead atoms. The van der Waals surface area contributed by atoms with Crippen molar-refractivity contribution in [2.75, 3.05) is 19.6 Å². The predicted octanol–water partition coefficient (Wildman–Crippen LogP) is 3.65. The Bertz CT molecular complexity index is 434. The monoisotopic (exact) mass is 276 g/mol. The number of rotatable bonds is 2. The molecule has 0 aromatic carbocycles. The largest absolute Gasteiger partial charge is 0.465 e. The summed E-state index contributed by atoms with van der Waals surface area (Å²) in [5, 5.41) is 3.87. The third-order valence-corrected chi connectivity index (χ3v) is 5.16. The van der Waals surface area contributed by atoms with Crippen LogP contribution in [0.4, 0.5) is 0 Å². The molecule has 0 radical (unpaired) electrons. The van der Waals surface area contributed by atoms with Crippen LogP contribution in [0.5, 0.6) is 0 Å². The highest BCUT2D eigenvalue weighted by Crippen LogP contribution is 2.33. The third kappa shape index (κ3) is 2.94. The molecule has 1 aliphatic carbocycles. The van der Waals surface area contributed by atoms with Crippen LogP contribution >= 0.6 is 0 Å². The summed E-state index contributed by atoms with van der Waals surface area (Å²) < 4.78 is 5.85. The van der Waals surface area contributed by atoms with Crippen LogP contribution in [0.3, 0.4) is 0 Å². The average Bonchev–Trinajstić information content (AvgIpc) is 2.79. The second-order valence-corrected chi connectivity index (χ2v) is 6.72. The van der Waals surface area contributed by atoms with Gasteiger partial charge in [0, 0.05) is 18.6 Å². The lowest BCUT2D eigenvalue weighted by Crippen LogP contribution is -2.52. The van der Waals surface area contributed by atoms with E-state index in [2.05, 4.69) is 29.3 Å². The summed E-state index contributed by atoms with van der Waals surface area (Å²) in [5.41, 5.74) is 0.366. The second-order valence-electron chi connectivity index (χ2n) is 6.72. The molecule has 1 saturated carbocycles. The zero-order chi connectivity index (χ0) is 14.0. The van der Waals surface area contributed by atoms with Crippen molar-refractivity contribution in [1.29, 1.82) is 0 Å². The van der Waals surface area contributed by atoms with Crippen LogP contribution < -0.4 is 5.32 Å². The highest BCUT2D eigenvalue weighted by atomic mass is 16.3. The molecule has 1 aromatic heterocycles. The third-order valence-electron chi connectivity index (χ3n) is 5.16. The second kappa shape index (κ2) is 5.90. The lowest BCUT2D eigenvalue weighted by Gasteiger charge is -2.41. The van der Waals surface area contributed by atoms with E-state index >= 15 is 0 Å². The molecule has 1 N–H and O–H groups in total. The Kier molecular flexibility index (Phi) is 4.18. The average molecular weight is 276 g/mol. The molecule has 112 valence electrons. The SMILES string of the molecule is Cc1ccc(C(C)N2CCCNC3(CCCCC3)C2)o1. The number of nitrogens with one attached hydrogen (secondary N) is 1. The summed E-state index contributed by atoms with van der Waals surface area (Å²) >= 11 is 0. The van der Waals surface area contributed by atoms with Crippen LogP contribution in [0.15, 0.2) is 16.5 Å². The summed E-state index contributed by atoms with van der Waals surface area (Å²) in [4.78, 5) is 2.63. The summed E-state index contributed by atoms with van der Waals surface area (Å²) in [6.07, 6.45) is 8.10. The smallest absolute Gasteiger partial charge is 0.121 e. The van der Waals surface area contributed by atoms with Crippen LogP contribution in [0.25, 0.3) is 0 Å². The van der Waals surface area contributed by atoms with Gasteiger partial charge < -0.3 is 9.73 Å². The van der Waals surface area contributed by atoms with Gasteiger partial charge in [0.25, 0.3) is 0 Å². The maximum Gasteiger partial charge on any atom is 0.121 e. The molecule has 0 amide bonds. The highest BCUT2D eigenvalue weighted by molar-refractivity contribution is 5.10. The molecule has 3 nitrogen and oxygen atoms in total. The van der Waals surface area contributed by atoms with E-state index < -0.39 is 0 Å². The molecule has 1 aliphatic heterocycles. The number of nitrogens with zero attached hydrogens (tertiary/aromatic N) is 1. The van der Waals surface area contributed by atoms with Crippen molar-refractivity contribution in [3.8, 4) is 0 Å². The molecular formula is C17H28N2O. The number of hydrogen-bond acceptors (Lipinski definition) is 3. The van der Waals surface area contributed by atoms with E-state index in [4.69, 9.17) is 4.42 Å². The zero-order valence-corrected chi connectivity index (χ0v) is 13.0. The van der Waals surface area contributed by atoms with E-state index in [9.17, 15) is 0 Å². The van der Waals surface area contributed by atoms with Gasteiger partial charge in [-0.2, -0.15) is 0 Å². The highest BCUT2D eigenvalue weighted by Gasteiger charge is 2.36. The minimum absolute atomic E-state index is 0.366. The minimum atomic E-state index is 0.366. The Morgan fingerprint density at radius 1 is 1.20 bits per heavy atom. The molecule has 1 saturated heterocycles. The Hall–Kier alpha value is -0.800. The summed E-state index contributed by atoms with van der Waals surface area (Å²) in [5.74, 6) is 2.14. The first-order chi connectivity index (χ1) is 9.69. The van der Waals surface area contributed by atoms with E-state index in [0.29, 0.717) is 11.6 Å². The molecule has 1 unspecified atom stereocenters. The molecule has 1 aromatic rings. The normalized spacial score (nSPS) is 25.5. The fourth-order valence-corrected chi connectivity index (χ4v) is 3.91. The lowest BCUT2D eigenvalue weighted by molar-refractivity contribution is 0.123. The van der Waals surface area contributed by atoms with E-state index in [1.165, 1.54) is 58.2 Å². The zero-order valence-electron chi connectivity index (χ0n) is 13.0. The number of furan rings is 1. The van der Waals surface area contributed by atoms with Gasteiger partial charge in [0.05, 0.1) is 6.04 Å². The van der Waals surface area contributed by atoms with Crippen LogP contribution in [0, 0.1) is 6.92 Å². The van der Waals surface area contributed by atoms with Crippen molar-refractivity contribution in [1.82, 2.24) is 10.2 Å². The van der Waals surface area contributed by atoms with Crippen molar-refractivity contribution in [2.45, 2.75) is 64.0 Å². The fraction of sp³-hybridized carbons (Fsp3) is 0.765. The first kappa shape index (κ1) is 14.2. The maximum atomic E-state index is 5.85. The molecular weight excluding hydrogens is 248 g/mol. The quantitative estimate of drug-likeness (QED) is 0.894. The van der Waals surface area contributed by atoms with Gasteiger partial charge in [0.15, 0.2) is 0 Å². The molecule has 2 aliphatic rings. The van der Waals surface area contributed by atoms with Crippen LogP contribution in [-0.4, -0.2) is 30.1 Å². The maximum absolute atomic E-state index is 5.85. The van der Waals surface area contributed by atoms with Crippen molar-refractivity contribution in [3.05, 3.63) is 23.7 Å². The van der Waals surface area contributed by atoms with Gasteiger partial charge in [0.1, 0.15) is 11.5 Å². The van der Waals surface area contributed by atoms with Crippen molar-refractivity contribution >= 4 is 0 Å². The van der Waals surface area contributed by atoms with E-state index in [1.54, 1.807) is 0 Å². The first-order valence-electron chi connectivity index (χ1n) is 8.24. The van der Waals surface area contributed by atoms with E-state index in [0.717, 1.165) is 11.5 Å². The predicted molar refractivity (Wildman–Crippen MR) is 81.9 cm³/mol. The van der Waals surface area contributed by atoms with Crippen molar-refractivity contribution in [2.24, 2.45) is 0 Å². The fourth-order valence-electron chi connectivity index (χ4n) is 3.91. The molecule has 3 rings (SSSR count). The number of aryl methyl sites for hydroxylation is 1. The Morgan fingerprint density at radius 2 is 2.00 bits per heavy atom. The summed E-state index contributed by atoms with van der Waals surface area (Å²) in [6, 6.07) is 4.62. The van der Waals surface area contributed by atoms with Crippen LogP contribution in [0.2, 0.25) is 0 Å². The van der Waals surface area contributed by atoms with Crippen molar-refractivity contribution in [3.63, 3.8) is 0 Å². The molecule has 2 heterocycles. The first-order valence-corrected chi connectivity index (χ1v) is 8.24. The standard InChI is InChI=1S/C17H28N2O/c1-14-7-8-16(20-14)15(2)19-12-6-11-18-17(13-19)9-4-3-5-10-17/h7-8,15,18H,3-6,9-13H2,1-2H3. The molecule has 2 fully saturated rings. The van der Waals surface area contributed by atoms with Crippen LogP contribution in [0.1, 0.15) is 63.0 Å². The van der Waals surface area contributed by atoms with Gasteiger partial charge in [-0.05, 0) is 51.8 Å². The molecule has 1 atom stereocenters. The molecule has 3 heteroatoms. The van der Waals surface area contributed by atoms with Crippen molar-refractivity contribution < 1.29 is 4.42 Å². The number of hydrogen-bond donors (Lipinski definition) is 1.